The number of hydrogen-bond donors (Lipinski definition) is 2. The largest absolute Gasteiger partial charge is 0.506 e. The molecule has 7 heteroatoms. The Morgan fingerprint density at radius 2 is 1.85 bits per heavy atom. The zero-order valence-corrected chi connectivity index (χ0v) is 23.9. The minimum Gasteiger partial charge on any atom is -0.506 e. The van der Waals surface area contributed by atoms with Gasteiger partial charge in [-0.15, -0.1) is 11.3 Å². The van der Waals surface area contributed by atoms with Crippen LogP contribution in [0.2, 0.25) is 0 Å². The van der Waals surface area contributed by atoms with Crippen molar-refractivity contribution in [1.29, 1.82) is 0 Å². The van der Waals surface area contributed by atoms with Crippen LogP contribution in [0, 0.1) is 18.5 Å². The van der Waals surface area contributed by atoms with Crippen molar-refractivity contribution < 1.29 is 9.90 Å². The van der Waals surface area contributed by atoms with Gasteiger partial charge in [0.1, 0.15) is 10.8 Å². The minimum atomic E-state index is -0.102. The molecule has 4 rings (SSSR count). The molecule has 4 nitrogen and oxygen atoms in total. The lowest BCUT2D eigenvalue weighted by Gasteiger charge is -2.33. The first-order chi connectivity index (χ1) is 15.6. The molecule has 0 unspecified atom stereocenters. The number of rotatable bonds is 4. The highest BCUT2D eigenvalue weighted by Crippen LogP contribution is 2.45. The van der Waals surface area contributed by atoms with Crippen LogP contribution in [0.25, 0.3) is 0 Å². The van der Waals surface area contributed by atoms with Gasteiger partial charge in [-0.2, -0.15) is 0 Å². The Bertz CT molecular complexity index is 1190. The predicted octanol–water partition coefficient (Wildman–Crippen LogP) is 7.82. The Labute approximate surface area is 226 Å². The molecule has 0 saturated heterocycles. The van der Waals surface area contributed by atoms with E-state index < -0.39 is 0 Å². The molecule has 1 aromatic heterocycles. The Kier molecular flexibility index (Phi) is 7.50. The maximum absolute atomic E-state index is 13.4. The number of carbonyl (C=O) groups is 1. The van der Waals surface area contributed by atoms with Crippen molar-refractivity contribution in [2.24, 2.45) is 16.3 Å². The van der Waals surface area contributed by atoms with Gasteiger partial charge in [0.15, 0.2) is 0 Å². The lowest BCUT2D eigenvalue weighted by molar-refractivity contribution is 0.102. The smallest absolute Gasteiger partial charge is 0.259 e. The molecule has 1 aliphatic carbocycles. The number of hydrogen-bond acceptors (Lipinski definition) is 4. The summed E-state index contributed by atoms with van der Waals surface area (Å²) in [6, 6.07) is 13.4. The third-order valence-corrected chi connectivity index (χ3v) is 8.91. The van der Waals surface area contributed by atoms with E-state index in [0.29, 0.717) is 11.5 Å². The summed E-state index contributed by atoms with van der Waals surface area (Å²) in [5.41, 5.74) is 3.76. The number of phenols is 1. The number of phenolic OH excluding ortho intramolecular Hbond substituents is 1. The summed E-state index contributed by atoms with van der Waals surface area (Å²) in [5.74, 6) is 0.775. The van der Waals surface area contributed by atoms with Crippen molar-refractivity contribution >= 4 is 79.3 Å². The monoisotopic (exact) mass is 684 g/mol. The number of para-hydroxylation sites is 1. The molecule has 0 spiro atoms. The number of fused-ring (bicyclic) bond motifs is 1. The summed E-state index contributed by atoms with van der Waals surface area (Å²) in [5, 5.41) is 13.9. The lowest BCUT2D eigenvalue weighted by atomic mass is 9.72. The summed E-state index contributed by atoms with van der Waals surface area (Å²) < 4.78 is 1.56. The van der Waals surface area contributed by atoms with E-state index in [4.69, 9.17) is 4.99 Å². The van der Waals surface area contributed by atoms with Crippen LogP contribution in [0.1, 0.15) is 53.6 Å². The molecule has 0 aliphatic heterocycles. The Hall–Kier alpha value is -1.46. The molecule has 1 aliphatic rings. The fraction of sp³-hybridized carbons (Fsp3) is 0.308. The van der Waals surface area contributed by atoms with E-state index in [2.05, 4.69) is 71.3 Å². The van der Waals surface area contributed by atoms with Gasteiger partial charge < -0.3 is 10.4 Å². The van der Waals surface area contributed by atoms with Crippen molar-refractivity contribution in [2.75, 3.05) is 5.32 Å². The summed E-state index contributed by atoms with van der Waals surface area (Å²) in [6.07, 6.45) is 4.76. The van der Waals surface area contributed by atoms with Gasteiger partial charge in [0.25, 0.3) is 5.91 Å². The first-order valence-electron chi connectivity index (χ1n) is 10.9. The maximum atomic E-state index is 13.4. The van der Waals surface area contributed by atoms with Gasteiger partial charge >= 0.3 is 0 Å². The standard InChI is InChI=1S/C26H26I2N2O2S/c1-26(2,3)16-9-10-18-21(13-16)33-25(22(18)24(32)30-17-7-5-4-6-8-17)29-14-15-11-19(27)23(31)20(28)12-15/h4-8,11-12,14,16,31H,9-10,13H2,1-3H3,(H,30,32)/t16-/m0/s1. The average molecular weight is 684 g/mol. The van der Waals surface area contributed by atoms with Gasteiger partial charge in [-0.05, 0) is 111 Å². The van der Waals surface area contributed by atoms with Crippen molar-refractivity contribution in [3.05, 3.63) is 71.2 Å². The Morgan fingerprint density at radius 1 is 1.18 bits per heavy atom. The van der Waals surface area contributed by atoms with Gasteiger partial charge in [0, 0.05) is 16.8 Å². The molecule has 2 N–H and O–H groups in total. The van der Waals surface area contributed by atoms with Gasteiger partial charge in [-0.1, -0.05) is 39.0 Å². The number of thiophene rings is 1. The molecule has 0 bridgehead atoms. The van der Waals surface area contributed by atoms with Crippen LogP contribution in [0.4, 0.5) is 10.7 Å². The van der Waals surface area contributed by atoms with Gasteiger partial charge in [0.05, 0.1) is 12.7 Å². The van der Waals surface area contributed by atoms with Crippen molar-refractivity contribution in [3.8, 4) is 5.75 Å². The number of aromatic hydroxyl groups is 1. The minimum absolute atomic E-state index is 0.102. The zero-order chi connectivity index (χ0) is 23.8. The highest BCUT2D eigenvalue weighted by molar-refractivity contribution is 14.1. The molecule has 172 valence electrons. The SMILES string of the molecule is CC(C)(C)[C@H]1CCc2c(sc(N=Cc3cc(I)c(O)c(I)c3)c2C(=O)Nc2ccccc2)C1. The first kappa shape index (κ1) is 24.7. The highest BCUT2D eigenvalue weighted by Gasteiger charge is 2.33. The summed E-state index contributed by atoms with van der Waals surface area (Å²) >= 11 is 5.88. The molecule has 3 aromatic rings. The molecular formula is C26H26I2N2O2S. The number of nitrogens with zero attached hydrogens (tertiary/aromatic N) is 1. The third-order valence-electron chi connectivity index (χ3n) is 6.10. The number of amides is 1. The number of carbonyl (C=O) groups excluding carboxylic acids is 1. The predicted molar refractivity (Wildman–Crippen MR) is 154 cm³/mol. The molecular weight excluding hydrogens is 658 g/mol. The number of nitrogens with one attached hydrogen (secondary N) is 1. The summed E-state index contributed by atoms with van der Waals surface area (Å²) in [6.45, 7) is 6.89. The van der Waals surface area contributed by atoms with Crippen molar-refractivity contribution in [2.45, 2.75) is 40.0 Å². The second-order valence-corrected chi connectivity index (χ2v) is 12.8. The molecule has 1 atom stereocenters. The van der Waals surface area contributed by atoms with Crippen LogP contribution < -0.4 is 5.32 Å². The highest BCUT2D eigenvalue weighted by atomic mass is 127. The van der Waals surface area contributed by atoms with E-state index >= 15 is 0 Å². The molecule has 0 fully saturated rings. The third kappa shape index (κ3) is 5.62. The van der Waals surface area contributed by atoms with E-state index in [9.17, 15) is 9.90 Å². The average Bonchev–Trinajstić information content (AvgIpc) is 3.13. The number of aliphatic imine (C=N–C) groups is 1. The zero-order valence-electron chi connectivity index (χ0n) is 18.8. The summed E-state index contributed by atoms with van der Waals surface area (Å²) in [7, 11) is 0. The maximum Gasteiger partial charge on any atom is 0.259 e. The number of benzene rings is 2. The van der Waals surface area contributed by atoms with Crippen LogP contribution in [0.5, 0.6) is 5.75 Å². The fourth-order valence-electron chi connectivity index (χ4n) is 4.14. The Morgan fingerprint density at radius 3 is 2.48 bits per heavy atom. The summed E-state index contributed by atoms with van der Waals surface area (Å²) in [4.78, 5) is 19.5. The molecule has 2 aromatic carbocycles. The molecule has 33 heavy (non-hydrogen) atoms. The van der Waals surface area contributed by atoms with E-state index in [1.807, 2.05) is 42.5 Å². The quantitative estimate of drug-likeness (QED) is 0.218. The molecule has 0 saturated carbocycles. The van der Waals surface area contributed by atoms with Gasteiger partial charge in [-0.25, -0.2) is 4.99 Å². The topological polar surface area (TPSA) is 61.7 Å². The number of halogens is 2. The van der Waals surface area contributed by atoms with Crippen molar-refractivity contribution in [3.63, 3.8) is 0 Å². The van der Waals surface area contributed by atoms with E-state index in [1.54, 1.807) is 17.6 Å². The van der Waals surface area contributed by atoms with Crippen LogP contribution in [-0.4, -0.2) is 17.2 Å². The van der Waals surface area contributed by atoms with Gasteiger partial charge in [0.2, 0.25) is 0 Å². The van der Waals surface area contributed by atoms with Crippen LogP contribution in [-0.2, 0) is 12.8 Å². The van der Waals surface area contributed by atoms with Crippen LogP contribution in [0.3, 0.4) is 0 Å². The van der Waals surface area contributed by atoms with E-state index in [-0.39, 0.29) is 17.1 Å². The van der Waals surface area contributed by atoms with E-state index in [0.717, 1.165) is 48.2 Å². The molecule has 0 radical (unpaired) electrons. The molecule has 1 heterocycles. The van der Waals surface area contributed by atoms with Crippen LogP contribution >= 0.6 is 56.5 Å². The Balaban J connectivity index is 1.72. The van der Waals surface area contributed by atoms with E-state index in [1.165, 1.54) is 4.88 Å². The van der Waals surface area contributed by atoms with Crippen molar-refractivity contribution in [1.82, 2.24) is 0 Å². The number of anilines is 1. The normalized spacial score (nSPS) is 16.1. The first-order valence-corrected chi connectivity index (χ1v) is 13.8. The second kappa shape index (κ2) is 10.0. The second-order valence-electron chi connectivity index (χ2n) is 9.40. The van der Waals surface area contributed by atoms with Gasteiger partial charge in [-0.3, -0.25) is 4.79 Å². The van der Waals surface area contributed by atoms with Crippen LogP contribution in [0.15, 0.2) is 47.5 Å². The molecule has 1 amide bonds. The lowest BCUT2D eigenvalue weighted by Crippen LogP contribution is -2.27. The fourth-order valence-corrected chi connectivity index (χ4v) is 7.23.